The number of nitrogens with zero attached hydrogens (tertiary/aromatic N) is 3. The number of fused-ring (bicyclic) bond motifs is 1. The molecule has 152 valence electrons. The standard InChI is InChI=1S/C20H19F2N3O3S/c21-13-7-12(8-14(22)9-13)16-1-2-17-25(16)19(27)20(28-17)3-5-24(6-4-20)18(26)15-10-29-11-23-15/h7-11,16-17H,1-6H2. The maximum Gasteiger partial charge on any atom is 0.273 e. The van der Waals surface area contributed by atoms with E-state index in [4.69, 9.17) is 4.74 Å². The lowest BCUT2D eigenvalue weighted by atomic mass is 9.89. The summed E-state index contributed by atoms with van der Waals surface area (Å²) in [5, 5.41) is 1.71. The van der Waals surface area contributed by atoms with Gasteiger partial charge in [-0.2, -0.15) is 0 Å². The Balaban J connectivity index is 1.33. The molecule has 0 bridgehead atoms. The van der Waals surface area contributed by atoms with Crippen molar-refractivity contribution in [1.82, 2.24) is 14.8 Å². The number of carbonyl (C=O) groups is 2. The minimum absolute atomic E-state index is 0.139. The second kappa shape index (κ2) is 6.84. The molecular formula is C20H19F2N3O3S. The van der Waals surface area contributed by atoms with Crippen molar-refractivity contribution < 1.29 is 23.1 Å². The van der Waals surface area contributed by atoms with Crippen molar-refractivity contribution in [3.05, 3.63) is 52.0 Å². The maximum atomic E-state index is 13.7. The van der Waals surface area contributed by atoms with E-state index in [0.717, 1.165) is 6.07 Å². The molecule has 4 heterocycles. The van der Waals surface area contributed by atoms with Crippen LogP contribution >= 0.6 is 11.3 Å². The molecule has 0 saturated carbocycles. The SMILES string of the molecule is O=C(c1cscn1)N1CCC2(CC1)OC1CCC(c3cc(F)cc(F)c3)N1C2=O. The molecule has 2 atom stereocenters. The van der Waals surface area contributed by atoms with Gasteiger partial charge in [0.25, 0.3) is 11.8 Å². The summed E-state index contributed by atoms with van der Waals surface area (Å²) in [6.45, 7) is 0.809. The van der Waals surface area contributed by atoms with Gasteiger partial charge in [-0.25, -0.2) is 13.8 Å². The quantitative estimate of drug-likeness (QED) is 0.751. The molecular weight excluding hydrogens is 400 g/mol. The highest BCUT2D eigenvalue weighted by atomic mass is 32.1. The third-order valence-electron chi connectivity index (χ3n) is 6.10. The topological polar surface area (TPSA) is 62.7 Å². The summed E-state index contributed by atoms with van der Waals surface area (Å²) in [6, 6.07) is 2.99. The van der Waals surface area contributed by atoms with Crippen LogP contribution in [0.1, 0.15) is 47.8 Å². The van der Waals surface area contributed by atoms with Crippen LogP contribution in [-0.4, -0.2) is 51.5 Å². The molecule has 1 aromatic heterocycles. The van der Waals surface area contributed by atoms with E-state index in [1.54, 1.807) is 20.7 Å². The molecule has 2 amide bonds. The van der Waals surface area contributed by atoms with Gasteiger partial charge in [-0.3, -0.25) is 9.59 Å². The van der Waals surface area contributed by atoms with Crippen LogP contribution in [0.3, 0.4) is 0 Å². The number of ether oxygens (including phenoxy) is 1. The first-order chi connectivity index (χ1) is 14.0. The van der Waals surface area contributed by atoms with E-state index in [1.165, 1.54) is 23.5 Å². The van der Waals surface area contributed by atoms with Gasteiger partial charge in [0.2, 0.25) is 0 Å². The highest BCUT2D eigenvalue weighted by Crippen LogP contribution is 2.47. The lowest BCUT2D eigenvalue weighted by Crippen LogP contribution is -2.51. The lowest BCUT2D eigenvalue weighted by Gasteiger charge is -2.37. The number of benzene rings is 1. The van der Waals surface area contributed by atoms with E-state index in [9.17, 15) is 18.4 Å². The molecule has 3 aliphatic heterocycles. The van der Waals surface area contributed by atoms with E-state index >= 15 is 0 Å². The van der Waals surface area contributed by atoms with Gasteiger partial charge >= 0.3 is 0 Å². The van der Waals surface area contributed by atoms with Crippen molar-refractivity contribution >= 4 is 23.2 Å². The molecule has 0 N–H and O–H groups in total. The number of hydrogen-bond donors (Lipinski definition) is 0. The summed E-state index contributed by atoms with van der Waals surface area (Å²) in [4.78, 5) is 33.2. The fraction of sp³-hybridized carbons (Fsp3) is 0.450. The van der Waals surface area contributed by atoms with Crippen molar-refractivity contribution in [3.8, 4) is 0 Å². The zero-order chi connectivity index (χ0) is 20.2. The number of rotatable bonds is 2. The van der Waals surface area contributed by atoms with Crippen LogP contribution in [-0.2, 0) is 9.53 Å². The van der Waals surface area contributed by atoms with Gasteiger partial charge in [-0.05, 0) is 30.5 Å². The van der Waals surface area contributed by atoms with Crippen LogP contribution in [0.15, 0.2) is 29.1 Å². The molecule has 2 unspecified atom stereocenters. The van der Waals surface area contributed by atoms with Crippen molar-refractivity contribution in [1.29, 1.82) is 0 Å². The Morgan fingerprint density at radius 3 is 2.55 bits per heavy atom. The van der Waals surface area contributed by atoms with E-state index < -0.39 is 23.3 Å². The van der Waals surface area contributed by atoms with E-state index in [1.807, 2.05) is 0 Å². The number of halogens is 2. The summed E-state index contributed by atoms with van der Waals surface area (Å²) >= 11 is 1.36. The van der Waals surface area contributed by atoms with Gasteiger partial charge in [-0.1, -0.05) is 0 Å². The number of likely N-dealkylation sites (tertiary alicyclic amines) is 1. The maximum absolute atomic E-state index is 13.7. The van der Waals surface area contributed by atoms with Gasteiger partial charge in [0.05, 0.1) is 11.6 Å². The Bertz CT molecular complexity index is 940. The Morgan fingerprint density at radius 2 is 1.90 bits per heavy atom. The first-order valence-corrected chi connectivity index (χ1v) is 10.6. The zero-order valence-electron chi connectivity index (χ0n) is 15.5. The number of aromatic nitrogens is 1. The third-order valence-corrected chi connectivity index (χ3v) is 6.68. The average molecular weight is 419 g/mol. The smallest absolute Gasteiger partial charge is 0.273 e. The molecule has 29 heavy (non-hydrogen) atoms. The summed E-state index contributed by atoms with van der Waals surface area (Å²) < 4.78 is 33.6. The van der Waals surface area contributed by atoms with Crippen molar-refractivity contribution in [3.63, 3.8) is 0 Å². The number of thiazole rings is 1. The molecule has 0 radical (unpaired) electrons. The van der Waals surface area contributed by atoms with Crippen LogP contribution in [0.5, 0.6) is 0 Å². The second-order valence-electron chi connectivity index (χ2n) is 7.74. The first-order valence-electron chi connectivity index (χ1n) is 9.61. The van der Waals surface area contributed by atoms with Crippen LogP contribution in [0.25, 0.3) is 0 Å². The second-order valence-corrected chi connectivity index (χ2v) is 8.46. The van der Waals surface area contributed by atoms with Gasteiger partial charge < -0.3 is 14.5 Å². The Kier molecular flexibility index (Phi) is 4.40. The van der Waals surface area contributed by atoms with Crippen molar-refractivity contribution in [2.45, 2.75) is 43.6 Å². The van der Waals surface area contributed by atoms with E-state index in [0.29, 0.717) is 50.0 Å². The number of piperidine rings is 1. The summed E-state index contributed by atoms with van der Waals surface area (Å²) in [5.74, 6) is -1.59. The van der Waals surface area contributed by atoms with Crippen molar-refractivity contribution in [2.75, 3.05) is 13.1 Å². The summed E-state index contributed by atoms with van der Waals surface area (Å²) in [6.07, 6.45) is 1.64. The predicted octanol–water partition coefficient (Wildman–Crippen LogP) is 3.12. The molecule has 6 nitrogen and oxygen atoms in total. The van der Waals surface area contributed by atoms with Crippen molar-refractivity contribution in [2.24, 2.45) is 0 Å². The fourth-order valence-electron chi connectivity index (χ4n) is 4.69. The van der Waals surface area contributed by atoms with Gasteiger partial charge in [0.15, 0.2) is 5.60 Å². The lowest BCUT2D eigenvalue weighted by molar-refractivity contribution is -0.142. The molecule has 3 fully saturated rings. The Hall–Kier alpha value is -2.39. The van der Waals surface area contributed by atoms with Gasteiger partial charge in [0, 0.05) is 37.4 Å². The minimum atomic E-state index is -0.964. The summed E-state index contributed by atoms with van der Waals surface area (Å²) in [7, 11) is 0. The van der Waals surface area contributed by atoms with Crippen LogP contribution in [0.4, 0.5) is 8.78 Å². The predicted molar refractivity (Wildman–Crippen MR) is 100 cm³/mol. The van der Waals surface area contributed by atoms with Gasteiger partial charge in [0.1, 0.15) is 23.6 Å². The number of amides is 2. The highest BCUT2D eigenvalue weighted by molar-refractivity contribution is 7.07. The van der Waals surface area contributed by atoms with E-state index in [2.05, 4.69) is 4.98 Å². The van der Waals surface area contributed by atoms with Crippen LogP contribution in [0.2, 0.25) is 0 Å². The Morgan fingerprint density at radius 1 is 1.17 bits per heavy atom. The highest BCUT2D eigenvalue weighted by Gasteiger charge is 2.58. The third kappa shape index (κ3) is 3.03. The minimum Gasteiger partial charge on any atom is -0.342 e. The fourth-order valence-corrected chi connectivity index (χ4v) is 5.22. The Labute approximate surface area is 170 Å². The molecule has 3 aliphatic rings. The first kappa shape index (κ1) is 18.6. The number of hydrogen-bond acceptors (Lipinski definition) is 5. The molecule has 5 rings (SSSR count). The molecule has 1 spiro atoms. The molecule has 0 aliphatic carbocycles. The normalized spacial score (nSPS) is 25.7. The molecule has 3 saturated heterocycles. The van der Waals surface area contributed by atoms with Crippen LogP contribution in [0, 0.1) is 11.6 Å². The monoisotopic (exact) mass is 419 g/mol. The molecule has 1 aromatic carbocycles. The summed E-state index contributed by atoms with van der Waals surface area (Å²) in [5.41, 5.74) is 1.52. The molecule has 2 aromatic rings. The molecule has 9 heteroatoms. The van der Waals surface area contributed by atoms with Gasteiger partial charge in [-0.15, -0.1) is 11.3 Å². The van der Waals surface area contributed by atoms with Crippen LogP contribution < -0.4 is 0 Å². The average Bonchev–Trinajstić information content (AvgIpc) is 3.41. The number of carbonyl (C=O) groups excluding carboxylic acids is 2. The zero-order valence-corrected chi connectivity index (χ0v) is 16.3. The largest absolute Gasteiger partial charge is 0.342 e. The van der Waals surface area contributed by atoms with E-state index in [-0.39, 0.29) is 18.0 Å².